The molecule has 1 aromatic rings. The minimum Gasteiger partial charge on any atom is -0.491 e. The zero-order valence-corrected chi connectivity index (χ0v) is 12.1. The monoisotopic (exact) mass is 296 g/mol. The SMILES string of the molecule is CN1CCOC(C(=O)Nc2cc(Cl)cc3c2OCC3)C1. The fourth-order valence-electron chi connectivity index (χ4n) is 2.51. The van der Waals surface area contributed by atoms with Crippen molar-refractivity contribution in [3.63, 3.8) is 0 Å². The van der Waals surface area contributed by atoms with Crippen molar-refractivity contribution in [2.45, 2.75) is 12.5 Å². The summed E-state index contributed by atoms with van der Waals surface area (Å²) in [5.74, 6) is 0.573. The number of amides is 1. The zero-order chi connectivity index (χ0) is 14.1. The van der Waals surface area contributed by atoms with Crippen LogP contribution in [0.1, 0.15) is 5.56 Å². The number of anilines is 1. The third-order valence-corrected chi connectivity index (χ3v) is 3.79. The second-order valence-corrected chi connectivity index (χ2v) is 5.59. The highest BCUT2D eigenvalue weighted by atomic mass is 35.5. The number of halogens is 1. The molecule has 5 nitrogen and oxygen atoms in total. The van der Waals surface area contributed by atoms with E-state index in [1.165, 1.54) is 0 Å². The van der Waals surface area contributed by atoms with Crippen LogP contribution in [0.25, 0.3) is 0 Å². The molecule has 2 aliphatic heterocycles. The lowest BCUT2D eigenvalue weighted by molar-refractivity contribution is -0.132. The summed E-state index contributed by atoms with van der Waals surface area (Å²) in [6.07, 6.45) is 0.367. The van der Waals surface area contributed by atoms with Crippen molar-refractivity contribution in [3.8, 4) is 5.75 Å². The van der Waals surface area contributed by atoms with Gasteiger partial charge in [0.15, 0.2) is 0 Å². The molecule has 0 radical (unpaired) electrons. The molecule has 0 saturated carbocycles. The fraction of sp³-hybridized carbons (Fsp3) is 0.500. The molecule has 1 amide bonds. The summed E-state index contributed by atoms with van der Waals surface area (Å²) in [5, 5.41) is 3.48. The van der Waals surface area contributed by atoms with Crippen LogP contribution in [0.15, 0.2) is 12.1 Å². The highest BCUT2D eigenvalue weighted by molar-refractivity contribution is 6.31. The first-order valence-electron chi connectivity index (χ1n) is 6.70. The van der Waals surface area contributed by atoms with Crippen LogP contribution in [-0.4, -0.2) is 50.3 Å². The Bertz CT molecular complexity index is 535. The zero-order valence-electron chi connectivity index (χ0n) is 11.3. The number of ether oxygens (including phenoxy) is 2. The fourth-order valence-corrected chi connectivity index (χ4v) is 2.75. The number of nitrogens with zero attached hydrogens (tertiary/aromatic N) is 1. The van der Waals surface area contributed by atoms with Crippen molar-refractivity contribution in [2.24, 2.45) is 0 Å². The van der Waals surface area contributed by atoms with E-state index in [-0.39, 0.29) is 5.91 Å². The Hall–Kier alpha value is -1.30. The molecule has 6 heteroatoms. The summed E-state index contributed by atoms with van der Waals surface area (Å²) in [7, 11) is 1.98. The van der Waals surface area contributed by atoms with Crippen molar-refractivity contribution in [3.05, 3.63) is 22.7 Å². The van der Waals surface area contributed by atoms with Crippen LogP contribution in [0.4, 0.5) is 5.69 Å². The average Bonchev–Trinajstić information content (AvgIpc) is 2.86. The molecule has 1 unspecified atom stereocenters. The maximum atomic E-state index is 12.3. The Morgan fingerprint density at radius 3 is 3.10 bits per heavy atom. The van der Waals surface area contributed by atoms with Gasteiger partial charge in [-0.1, -0.05) is 11.6 Å². The predicted octanol–water partition coefficient (Wildman–Crippen LogP) is 1.54. The normalized spacial score (nSPS) is 22.2. The average molecular weight is 297 g/mol. The highest BCUT2D eigenvalue weighted by Gasteiger charge is 2.27. The standard InChI is InChI=1S/C14H17ClN2O3/c1-17-3-5-19-12(8-17)14(18)16-11-7-10(15)6-9-2-4-20-13(9)11/h6-7,12H,2-5,8H2,1H3,(H,16,18). The van der Waals surface area contributed by atoms with E-state index < -0.39 is 6.10 Å². The maximum absolute atomic E-state index is 12.3. The van der Waals surface area contributed by atoms with E-state index in [0.29, 0.717) is 30.5 Å². The van der Waals surface area contributed by atoms with Gasteiger partial charge in [-0.25, -0.2) is 0 Å². The number of nitrogens with one attached hydrogen (secondary N) is 1. The van der Waals surface area contributed by atoms with E-state index in [1.807, 2.05) is 13.1 Å². The molecule has 0 aromatic heterocycles. The number of morpholine rings is 1. The molecule has 1 N–H and O–H groups in total. The van der Waals surface area contributed by atoms with Gasteiger partial charge in [-0.05, 0) is 19.2 Å². The molecule has 0 aliphatic carbocycles. The number of hydrogen-bond donors (Lipinski definition) is 1. The Morgan fingerprint density at radius 1 is 1.45 bits per heavy atom. The van der Waals surface area contributed by atoms with Crippen molar-refractivity contribution < 1.29 is 14.3 Å². The summed E-state index contributed by atoms with van der Waals surface area (Å²) in [4.78, 5) is 14.3. The quantitative estimate of drug-likeness (QED) is 0.899. The largest absolute Gasteiger partial charge is 0.491 e. The van der Waals surface area contributed by atoms with Gasteiger partial charge in [0.1, 0.15) is 11.9 Å². The molecule has 1 fully saturated rings. The van der Waals surface area contributed by atoms with Crippen LogP contribution in [0.2, 0.25) is 5.02 Å². The third-order valence-electron chi connectivity index (χ3n) is 3.57. The molecule has 2 aliphatic rings. The van der Waals surface area contributed by atoms with E-state index >= 15 is 0 Å². The van der Waals surface area contributed by atoms with Gasteiger partial charge in [0.05, 0.1) is 18.9 Å². The summed E-state index contributed by atoms with van der Waals surface area (Å²) >= 11 is 6.07. The van der Waals surface area contributed by atoms with Gasteiger partial charge in [-0.3, -0.25) is 4.79 Å². The highest BCUT2D eigenvalue weighted by Crippen LogP contribution is 2.36. The first-order chi connectivity index (χ1) is 9.63. The maximum Gasteiger partial charge on any atom is 0.254 e. The number of benzene rings is 1. The number of hydrogen-bond acceptors (Lipinski definition) is 4. The van der Waals surface area contributed by atoms with Crippen molar-refractivity contribution >= 4 is 23.2 Å². The molecule has 20 heavy (non-hydrogen) atoms. The molecule has 1 saturated heterocycles. The second-order valence-electron chi connectivity index (χ2n) is 5.15. The molecule has 3 rings (SSSR count). The Balaban J connectivity index is 1.76. The summed E-state index contributed by atoms with van der Waals surface area (Å²) in [5.41, 5.74) is 1.67. The molecule has 0 bridgehead atoms. The number of likely N-dealkylation sites (N-methyl/N-ethyl adjacent to an activating group) is 1. The second kappa shape index (κ2) is 5.60. The van der Waals surface area contributed by atoms with Crippen LogP contribution < -0.4 is 10.1 Å². The van der Waals surface area contributed by atoms with Gasteiger partial charge in [0.25, 0.3) is 5.91 Å². The molecular weight excluding hydrogens is 280 g/mol. The summed E-state index contributed by atoms with van der Waals surface area (Å²) in [6.45, 7) is 2.63. The number of fused-ring (bicyclic) bond motifs is 1. The Morgan fingerprint density at radius 2 is 2.30 bits per heavy atom. The smallest absolute Gasteiger partial charge is 0.254 e. The van der Waals surface area contributed by atoms with Crippen molar-refractivity contribution in [1.82, 2.24) is 4.90 Å². The number of rotatable bonds is 2. The predicted molar refractivity (Wildman–Crippen MR) is 76.5 cm³/mol. The molecule has 0 spiro atoms. The number of carbonyl (C=O) groups is 1. The van der Waals surface area contributed by atoms with Crippen LogP contribution in [0, 0.1) is 0 Å². The lowest BCUT2D eigenvalue weighted by Crippen LogP contribution is -2.46. The van der Waals surface area contributed by atoms with E-state index in [1.54, 1.807) is 6.07 Å². The lowest BCUT2D eigenvalue weighted by Gasteiger charge is -2.29. The topological polar surface area (TPSA) is 50.8 Å². The molecule has 108 valence electrons. The molecule has 1 aromatic carbocycles. The first kappa shape index (κ1) is 13.7. The van der Waals surface area contributed by atoms with Crippen LogP contribution in [0.3, 0.4) is 0 Å². The van der Waals surface area contributed by atoms with Gasteiger partial charge >= 0.3 is 0 Å². The minimum atomic E-state index is -0.454. The minimum absolute atomic E-state index is 0.156. The van der Waals surface area contributed by atoms with Gasteiger partial charge in [0, 0.05) is 30.1 Å². The van der Waals surface area contributed by atoms with E-state index in [2.05, 4.69) is 10.2 Å². The van der Waals surface area contributed by atoms with Gasteiger partial charge in [-0.15, -0.1) is 0 Å². The summed E-state index contributed by atoms with van der Waals surface area (Å²) in [6, 6.07) is 3.60. The van der Waals surface area contributed by atoms with Crippen LogP contribution in [0.5, 0.6) is 5.75 Å². The Kier molecular flexibility index (Phi) is 3.83. The molecular formula is C14H17ClN2O3. The summed E-state index contributed by atoms with van der Waals surface area (Å²) < 4.78 is 11.1. The van der Waals surface area contributed by atoms with Crippen molar-refractivity contribution in [2.75, 3.05) is 38.7 Å². The van der Waals surface area contributed by atoms with Crippen molar-refractivity contribution in [1.29, 1.82) is 0 Å². The van der Waals surface area contributed by atoms with Crippen LogP contribution in [-0.2, 0) is 16.0 Å². The van der Waals surface area contributed by atoms with Gasteiger partial charge < -0.3 is 19.7 Å². The third kappa shape index (κ3) is 2.75. The van der Waals surface area contributed by atoms with E-state index in [0.717, 1.165) is 24.3 Å². The number of carbonyl (C=O) groups excluding carboxylic acids is 1. The Labute approximate surface area is 122 Å². The van der Waals surface area contributed by atoms with Crippen LogP contribution >= 0.6 is 11.6 Å². The molecule has 1 atom stereocenters. The van der Waals surface area contributed by atoms with E-state index in [9.17, 15) is 4.79 Å². The lowest BCUT2D eigenvalue weighted by atomic mass is 10.1. The first-order valence-corrected chi connectivity index (χ1v) is 7.07. The van der Waals surface area contributed by atoms with E-state index in [4.69, 9.17) is 21.1 Å². The van der Waals surface area contributed by atoms with Gasteiger partial charge in [-0.2, -0.15) is 0 Å². The van der Waals surface area contributed by atoms with Gasteiger partial charge in [0.2, 0.25) is 0 Å². The molecule has 2 heterocycles.